The highest BCUT2D eigenvalue weighted by molar-refractivity contribution is 7.89. The van der Waals surface area contributed by atoms with E-state index in [1.807, 2.05) is 0 Å². The minimum absolute atomic E-state index is 0.0609. The summed E-state index contributed by atoms with van der Waals surface area (Å²) in [5, 5.41) is 0. The highest BCUT2D eigenvalue weighted by Crippen LogP contribution is 2.24. The number of sulfonamides is 1. The van der Waals surface area contributed by atoms with Crippen LogP contribution in [0.25, 0.3) is 0 Å². The van der Waals surface area contributed by atoms with Gasteiger partial charge in [-0.25, -0.2) is 17.5 Å². The van der Waals surface area contributed by atoms with Crippen molar-refractivity contribution in [2.24, 2.45) is 5.92 Å². The molecule has 0 bridgehead atoms. The molecular weight excluding hydrogens is 295 g/mol. The second-order valence-electron chi connectivity index (χ2n) is 5.22. The molecule has 116 valence electrons. The normalized spacial score (nSPS) is 19.2. The first-order valence-electron chi connectivity index (χ1n) is 6.94. The molecule has 1 aromatic rings. The Bertz CT molecular complexity index is 601. The average molecular weight is 314 g/mol. The molecule has 1 unspecified atom stereocenters. The molecule has 0 radical (unpaired) electrons. The van der Waals surface area contributed by atoms with Gasteiger partial charge in [0.15, 0.2) is 0 Å². The maximum absolute atomic E-state index is 12.9. The van der Waals surface area contributed by atoms with Crippen LogP contribution in [0.5, 0.6) is 0 Å². The Morgan fingerprint density at radius 1 is 1.33 bits per heavy atom. The Kier molecular flexibility index (Phi) is 4.95. The van der Waals surface area contributed by atoms with Gasteiger partial charge in [0, 0.05) is 25.2 Å². The van der Waals surface area contributed by atoms with Gasteiger partial charge in [0.25, 0.3) is 0 Å². The van der Waals surface area contributed by atoms with Crippen LogP contribution in [-0.4, -0.2) is 33.2 Å². The minimum Gasteiger partial charge on any atom is -0.312 e. The summed E-state index contributed by atoms with van der Waals surface area (Å²) >= 11 is 0. The molecule has 1 aliphatic heterocycles. The van der Waals surface area contributed by atoms with E-state index in [2.05, 4.69) is 4.72 Å². The Labute approximate surface area is 124 Å². The molecular formula is C14H19FN2O3S. The number of nitrogens with zero attached hydrogens (tertiary/aromatic N) is 1. The Hall–Kier alpha value is -1.47. The summed E-state index contributed by atoms with van der Waals surface area (Å²) in [6.45, 7) is 2.50. The Morgan fingerprint density at radius 2 is 2.00 bits per heavy atom. The van der Waals surface area contributed by atoms with Gasteiger partial charge in [0.05, 0.1) is 5.75 Å². The number of hydrogen-bond acceptors (Lipinski definition) is 3. The molecule has 0 aliphatic carbocycles. The first-order valence-corrected chi connectivity index (χ1v) is 8.60. The zero-order valence-corrected chi connectivity index (χ0v) is 12.7. The predicted octanol–water partition coefficient (Wildman–Crippen LogP) is 1.51. The molecule has 2 rings (SSSR count). The zero-order chi connectivity index (χ0) is 15.5. The molecule has 1 amide bonds. The maximum Gasteiger partial charge on any atom is 0.227 e. The average Bonchev–Trinajstić information content (AvgIpc) is 2.79. The van der Waals surface area contributed by atoms with Crippen LogP contribution in [0.1, 0.15) is 19.8 Å². The lowest BCUT2D eigenvalue weighted by Gasteiger charge is -2.17. The third-order valence-corrected chi connectivity index (χ3v) is 4.96. The maximum atomic E-state index is 12.9. The number of carbonyl (C=O) groups excluding carboxylic acids is 1. The third-order valence-electron chi connectivity index (χ3n) is 3.41. The smallest absolute Gasteiger partial charge is 0.227 e. The number of rotatable bonds is 6. The minimum atomic E-state index is -3.25. The van der Waals surface area contributed by atoms with Gasteiger partial charge in [-0.3, -0.25) is 4.79 Å². The fourth-order valence-electron chi connectivity index (χ4n) is 2.37. The van der Waals surface area contributed by atoms with Crippen molar-refractivity contribution >= 4 is 21.6 Å². The molecule has 1 fully saturated rings. The van der Waals surface area contributed by atoms with Crippen molar-refractivity contribution in [1.82, 2.24) is 4.72 Å². The van der Waals surface area contributed by atoms with Crippen LogP contribution in [-0.2, 0) is 14.8 Å². The SMILES string of the molecule is CCCS(=O)(=O)NCC1CC(=O)N(c2ccc(F)cc2)C1. The molecule has 1 atom stereocenters. The molecule has 1 N–H and O–H groups in total. The number of nitrogens with one attached hydrogen (secondary N) is 1. The van der Waals surface area contributed by atoms with E-state index in [0.717, 1.165) is 0 Å². The molecule has 1 saturated heterocycles. The monoisotopic (exact) mass is 314 g/mol. The van der Waals surface area contributed by atoms with E-state index in [-0.39, 0.29) is 29.9 Å². The van der Waals surface area contributed by atoms with Gasteiger partial charge in [-0.05, 0) is 36.6 Å². The first-order chi connectivity index (χ1) is 9.91. The van der Waals surface area contributed by atoms with Crippen molar-refractivity contribution in [3.8, 4) is 0 Å². The first kappa shape index (κ1) is 15.9. The largest absolute Gasteiger partial charge is 0.312 e. The lowest BCUT2D eigenvalue weighted by Crippen LogP contribution is -2.32. The van der Waals surface area contributed by atoms with Crippen molar-refractivity contribution < 1.29 is 17.6 Å². The van der Waals surface area contributed by atoms with Gasteiger partial charge in [-0.1, -0.05) is 6.92 Å². The molecule has 5 nitrogen and oxygen atoms in total. The van der Waals surface area contributed by atoms with E-state index in [4.69, 9.17) is 0 Å². The fourth-order valence-corrected chi connectivity index (χ4v) is 3.55. The summed E-state index contributed by atoms with van der Waals surface area (Å²) in [5.41, 5.74) is 0.639. The van der Waals surface area contributed by atoms with Crippen LogP contribution in [0.4, 0.5) is 10.1 Å². The zero-order valence-electron chi connectivity index (χ0n) is 11.9. The van der Waals surface area contributed by atoms with Gasteiger partial charge >= 0.3 is 0 Å². The molecule has 0 saturated carbocycles. The molecule has 1 heterocycles. The topological polar surface area (TPSA) is 66.5 Å². The number of anilines is 1. The number of amides is 1. The molecule has 1 aromatic carbocycles. The molecule has 21 heavy (non-hydrogen) atoms. The highest BCUT2D eigenvalue weighted by Gasteiger charge is 2.31. The molecule has 0 spiro atoms. The number of carbonyl (C=O) groups is 1. The van der Waals surface area contributed by atoms with E-state index in [1.54, 1.807) is 24.0 Å². The third kappa shape index (κ3) is 4.25. The highest BCUT2D eigenvalue weighted by atomic mass is 32.2. The quantitative estimate of drug-likeness (QED) is 0.865. The van der Waals surface area contributed by atoms with Gasteiger partial charge < -0.3 is 4.90 Å². The summed E-state index contributed by atoms with van der Waals surface area (Å²) in [7, 11) is -3.25. The number of halogens is 1. The van der Waals surface area contributed by atoms with Crippen LogP contribution in [0.2, 0.25) is 0 Å². The summed E-state index contributed by atoms with van der Waals surface area (Å²) in [5.74, 6) is -0.389. The van der Waals surface area contributed by atoms with Crippen LogP contribution in [0, 0.1) is 11.7 Å². The van der Waals surface area contributed by atoms with Crippen molar-refractivity contribution in [3.05, 3.63) is 30.1 Å². The summed E-state index contributed by atoms with van der Waals surface area (Å²) in [6.07, 6.45) is 0.854. The predicted molar refractivity (Wildman–Crippen MR) is 78.9 cm³/mol. The van der Waals surface area contributed by atoms with E-state index in [1.165, 1.54) is 12.1 Å². The standard InChI is InChI=1S/C14H19FN2O3S/c1-2-7-21(19,20)16-9-11-8-14(18)17(10-11)13-5-3-12(15)4-6-13/h3-6,11,16H,2,7-10H2,1H3. The molecule has 0 aromatic heterocycles. The van der Waals surface area contributed by atoms with E-state index < -0.39 is 10.0 Å². The van der Waals surface area contributed by atoms with Crippen molar-refractivity contribution in [2.75, 3.05) is 23.7 Å². The second kappa shape index (κ2) is 6.53. The van der Waals surface area contributed by atoms with Crippen molar-refractivity contribution in [2.45, 2.75) is 19.8 Å². The number of hydrogen-bond donors (Lipinski definition) is 1. The van der Waals surface area contributed by atoms with E-state index >= 15 is 0 Å². The molecule has 7 heteroatoms. The summed E-state index contributed by atoms with van der Waals surface area (Å²) in [6, 6.07) is 5.72. The Balaban J connectivity index is 1.95. The van der Waals surface area contributed by atoms with Crippen LogP contribution in [0.3, 0.4) is 0 Å². The summed E-state index contributed by atoms with van der Waals surface area (Å²) in [4.78, 5) is 13.5. The van der Waals surface area contributed by atoms with Crippen LogP contribution < -0.4 is 9.62 Å². The van der Waals surface area contributed by atoms with Crippen LogP contribution >= 0.6 is 0 Å². The van der Waals surface area contributed by atoms with Crippen LogP contribution in [0.15, 0.2) is 24.3 Å². The summed E-state index contributed by atoms with van der Waals surface area (Å²) < 4.78 is 38.6. The second-order valence-corrected chi connectivity index (χ2v) is 7.14. The number of benzene rings is 1. The van der Waals surface area contributed by atoms with Gasteiger partial charge in [-0.15, -0.1) is 0 Å². The van der Waals surface area contributed by atoms with E-state index in [0.29, 0.717) is 25.1 Å². The van der Waals surface area contributed by atoms with Crippen molar-refractivity contribution in [1.29, 1.82) is 0 Å². The van der Waals surface area contributed by atoms with Gasteiger partial charge in [0.1, 0.15) is 5.82 Å². The Morgan fingerprint density at radius 3 is 2.62 bits per heavy atom. The fraction of sp³-hybridized carbons (Fsp3) is 0.500. The molecule has 1 aliphatic rings. The lowest BCUT2D eigenvalue weighted by molar-refractivity contribution is -0.117. The van der Waals surface area contributed by atoms with Gasteiger partial charge in [-0.2, -0.15) is 0 Å². The van der Waals surface area contributed by atoms with Gasteiger partial charge in [0.2, 0.25) is 15.9 Å². The van der Waals surface area contributed by atoms with E-state index in [9.17, 15) is 17.6 Å². The van der Waals surface area contributed by atoms with Crippen molar-refractivity contribution in [3.63, 3.8) is 0 Å². The lowest BCUT2D eigenvalue weighted by atomic mass is 10.1.